The first-order valence-corrected chi connectivity index (χ1v) is 13.7. The predicted octanol–water partition coefficient (Wildman–Crippen LogP) is 5.78. The molecule has 198 valence electrons. The van der Waals surface area contributed by atoms with Crippen molar-refractivity contribution in [3.05, 3.63) is 56.7 Å². The lowest BCUT2D eigenvalue weighted by Gasteiger charge is -2.41. The molecule has 0 radical (unpaired) electrons. The highest BCUT2D eigenvalue weighted by atomic mass is 35.5. The second kappa shape index (κ2) is 11.8. The number of hydrogen-bond acceptors (Lipinski definition) is 4. The Morgan fingerprint density at radius 1 is 1.11 bits per heavy atom. The van der Waals surface area contributed by atoms with Crippen LogP contribution in [0.15, 0.2) is 18.2 Å². The lowest BCUT2D eigenvalue weighted by Crippen LogP contribution is -2.48. The molecule has 1 fully saturated rings. The summed E-state index contributed by atoms with van der Waals surface area (Å²) in [5.41, 5.74) is 5.92. The van der Waals surface area contributed by atoms with Gasteiger partial charge in [-0.25, -0.2) is 0 Å². The van der Waals surface area contributed by atoms with Crippen LogP contribution in [0.5, 0.6) is 0 Å². The minimum Gasteiger partial charge on any atom is -0.369 e. The maximum absolute atomic E-state index is 13.4. The van der Waals surface area contributed by atoms with Gasteiger partial charge >= 0.3 is 0 Å². The van der Waals surface area contributed by atoms with E-state index in [2.05, 4.69) is 55.1 Å². The van der Waals surface area contributed by atoms with Gasteiger partial charge in [0.2, 0.25) is 0 Å². The van der Waals surface area contributed by atoms with Crippen LogP contribution < -0.4 is 21.0 Å². The summed E-state index contributed by atoms with van der Waals surface area (Å²) in [6, 6.07) is 6.80. The molecule has 0 aliphatic heterocycles. The average molecular weight is 514 g/mol. The minimum absolute atomic E-state index is 0.127. The molecule has 6 nitrogen and oxygen atoms in total. The van der Waals surface area contributed by atoms with Crippen molar-refractivity contribution in [2.75, 3.05) is 11.4 Å². The Kier molecular flexibility index (Phi) is 9.28. The van der Waals surface area contributed by atoms with E-state index in [9.17, 15) is 4.79 Å². The zero-order chi connectivity index (χ0) is 26.6. The Bertz CT molecular complexity index is 1130. The van der Waals surface area contributed by atoms with E-state index < -0.39 is 0 Å². The highest BCUT2D eigenvalue weighted by Crippen LogP contribution is 2.34. The molecule has 1 saturated carbocycles. The van der Waals surface area contributed by atoms with Crippen molar-refractivity contribution in [2.24, 2.45) is 0 Å². The van der Waals surface area contributed by atoms with Gasteiger partial charge in [0.25, 0.3) is 5.91 Å². The van der Waals surface area contributed by atoms with Gasteiger partial charge in [0.05, 0.1) is 0 Å². The number of benzene rings is 1. The first kappa shape index (κ1) is 28.3. The molecule has 0 bridgehead atoms. The van der Waals surface area contributed by atoms with E-state index in [0.717, 1.165) is 66.7 Å². The highest BCUT2D eigenvalue weighted by Gasteiger charge is 2.29. The first-order chi connectivity index (χ1) is 16.9. The largest absolute Gasteiger partial charge is 0.369 e. The number of rotatable bonds is 8. The molecule has 0 atom stereocenters. The van der Waals surface area contributed by atoms with Gasteiger partial charge in [-0.2, -0.15) is 0 Å². The van der Waals surface area contributed by atoms with Crippen LogP contribution in [0.4, 0.5) is 5.69 Å². The van der Waals surface area contributed by atoms with Crippen LogP contribution in [-0.2, 0) is 13.0 Å². The molecule has 1 aromatic heterocycles. The van der Waals surface area contributed by atoms with Crippen LogP contribution in [0, 0.1) is 19.3 Å². The molecule has 0 unspecified atom stereocenters. The summed E-state index contributed by atoms with van der Waals surface area (Å²) in [6.07, 6.45) is 5.28. The van der Waals surface area contributed by atoms with Gasteiger partial charge in [-0.3, -0.25) is 10.2 Å². The summed E-state index contributed by atoms with van der Waals surface area (Å²) in [7, 11) is 0. The standard InChI is InChI=1S/C29H44ClN5O/c1-8-23-24(28(36)32-17-25-18(3)14-19(4)33-27(25)31)15-20(30)16-26(23)35(9-2)22-12-10-21(11-13-22)34-29(5,6)7/h14-16,21-22,34H,8-13,17H2,1-7H3,(H2,31,33)(H,32,36). The molecule has 2 aromatic rings. The van der Waals surface area contributed by atoms with Gasteiger partial charge in [-0.15, -0.1) is 0 Å². The quantitative estimate of drug-likeness (QED) is 0.361. The third-order valence-corrected chi connectivity index (χ3v) is 7.39. The van der Waals surface area contributed by atoms with Crippen LogP contribution in [0.1, 0.15) is 93.0 Å². The maximum atomic E-state index is 13.4. The Morgan fingerprint density at radius 2 is 1.78 bits per heavy atom. The Balaban J connectivity index is 1.82. The molecule has 1 heterocycles. The fourth-order valence-corrected chi connectivity index (χ4v) is 5.84. The number of aromatic amines is 1. The van der Waals surface area contributed by atoms with Crippen molar-refractivity contribution < 1.29 is 4.79 Å². The first-order valence-electron chi connectivity index (χ1n) is 13.3. The van der Waals surface area contributed by atoms with Gasteiger partial charge in [0, 0.05) is 58.2 Å². The molecular formula is C29H44ClN5O. The van der Waals surface area contributed by atoms with Gasteiger partial charge in [-0.1, -0.05) is 18.5 Å². The van der Waals surface area contributed by atoms with Crippen molar-refractivity contribution in [1.82, 2.24) is 15.6 Å². The van der Waals surface area contributed by atoms with Crippen LogP contribution in [0.3, 0.4) is 0 Å². The molecule has 1 aliphatic carbocycles. The average Bonchev–Trinajstić information content (AvgIpc) is 2.78. The number of halogens is 1. The topological polar surface area (TPSA) is 84.0 Å². The van der Waals surface area contributed by atoms with Gasteiger partial charge < -0.3 is 20.5 Å². The Morgan fingerprint density at radius 3 is 2.33 bits per heavy atom. The van der Waals surface area contributed by atoms with E-state index in [-0.39, 0.29) is 11.4 Å². The summed E-state index contributed by atoms with van der Waals surface area (Å²) in [5.74, 6) is -0.149. The molecule has 3 rings (SSSR count). The van der Waals surface area contributed by atoms with E-state index in [0.29, 0.717) is 34.7 Å². The number of anilines is 1. The molecule has 36 heavy (non-hydrogen) atoms. The van der Waals surface area contributed by atoms with Gasteiger partial charge in [0.1, 0.15) is 5.49 Å². The summed E-state index contributed by atoms with van der Waals surface area (Å²) in [4.78, 5) is 18.9. The van der Waals surface area contributed by atoms with Crippen LogP contribution >= 0.6 is 11.6 Å². The number of aryl methyl sites for hydroxylation is 2. The van der Waals surface area contributed by atoms with Crippen molar-refractivity contribution in [2.45, 2.75) is 105 Å². The van der Waals surface area contributed by atoms with Crippen molar-refractivity contribution >= 4 is 23.2 Å². The highest BCUT2D eigenvalue weighted by molar-refractivity contribution is 6.31. The number of nitrogens with zero attached hydrogens (tertiary/aromatic N) is 1. The summed E-state index contributed by atoms with van der Waals surface area (Å²) in [5, 5.41) is 15.7. The molecule has 1 aliphatic rings. The molecule has 0 spiro atoms. The van der Waals surface area contributed by atoms with Gasteiger partial charge in [-0.05, 0) is 103 Å². The minimum atomic E-state index is -0.149. The number of carbonyl (C=O) groups excluding carboxylic acids is 1. The van der Waals surface area contributed by atoms with Crippen molar-refractivity contribution in [1.29, 1.82) is 5.41 Å². The lowest BCUT2D eigenvalue weighted by molar-refractivity contribution is 0.0950. The van der Waals surface area contributed by atoms with Crippen LogP contribution in [0.25, 0.3) is 0 Å². The van der Waals surface area contributed by atoms with Crippen molar-refractivity contribution in [3.8, 4) is 0 Å². The molecular weight excluding hydrogens is 470 g/mol. The molecule has 7 heteroatoms. The van der Waals surface area contributed by atoms with Gasteiger partial charge in [0.15, 0.2) is 0 Å². The van der Waals surface area contributed by atoms with Crippen LogP contribution in [-0.4, -0.2) is 35.1 Å². The number of nitrogens with one attached hydrogen (secondary N) is 4. The second-order valence-electron chi connectivity index (χ2n) is 11.2. The summed E-state index contributed by atoms with van der Waals surface area (Å²) >= 11 is 6.59. The lowest BCUT2D eigenvalue weighted by atomic mass is 9.88. The maximum Gasteiger partial charge on any atom is 0.251 e. The zero-order valence-corrected chi connectivity index (χ0v) is 23.8. The Hall–Kier alpha value is -2.31. The number of H-pyrrole nitrogens is 1. The van der Waals surface area contributed by atoms with E-state index in [1.807, 2.05) is 26.0 Å². The molecule has 1 aromatic carbocycles. The van der Waals surface area contributed by atoms with E-state index in [4.69, 9.17) is 17.0 Å². The SMILES string of the molecule is CCc1c(C(=O)NCc2c(C)cc(C)[nH]c2=N)cc(Cl)cc1N(CC)C1CCC(NC(C)(C)C)CC1. The fourth-order valence-electron chi connectivity index (χ4n) is 5.63. The normalized spacial score (nSPS) is 18.2. The number of amides is 1. The number of carbonyl (C=O) groups is 1. The number of aromatic nitrogens is 1. The summed E-state index contributed by atoms with van der Waals surface area (Å²) in [6.45, 7) is 16.0. The summed E-state index contributed by atoms with van der Waals surface area (Å²) < 4.78 is 0. The predicted molar refractivity (Wildman–Crippen MR) is 150 cm³/mol. The van der Waals surface area contributed by atoms with E-state index in [1.54, 1.807) is 6.07 Å². The van der Waals surface area contributed by atoms with E-state index in [1.165, 1.54) is 0 Å². The number of pyridine rings is 1. The zero-order valence-electron chi connectivity index (χ0n) is 23.1. The fraction of sp³-hybridized carbons (Fsp3) is 0.586. The van der Waals surface area contributed by atoms with Crippen molar-refractivity contribution in [3.63, 3.8) is 0 Å². The third kappa shape index (κ3) is 6.92. The molecule has 0 saturated heterocycles. The Labute approximate surface area is 221 Å². The second-order valence-corrected chi connectivity index (χ2v) is 11.6. The van der Waals surface area contributed by atoms with E-state index >= 15 is 0 Å². The smallest absolute Gasteiger partial charge is 0.251 e. The molecule has 4 N–H and O–H groups in total. The monoisotopic (exact) mass is 513 g/mol. The third-order valence-electron chi connectivity index (χ3n) is 7.17. The van der Waals surface area contributed by atoms with Crippen LogP contribution in [0.2, 0.25) is 5.02 Å². The number of hydrogen-bond donors (Lipinski definition) is 4. The molecule has 1 amide bonds.